The lowest BCUT2D eigenvalue weighted by molar-refractivity contribution is -0.140. The lowest BCUT2D eigenvalue weighted by Gasteiger charge is -2.02. The highest BCUT2D eigenvalue weighted by atomic mass is 32.1. The zero-order valence-electron chi connectivity index (χ0n) is 11.9. The Morgan fingerprint density at radius 1 is 1.27 bits per heavy atom. The van der Waals surface area contributed by atoms with E-state index in [1.165, 1.54) is 0 Å². The SMILES string of the molecule is O=C(O)C1CC1C(=O)NCCc1csc(-c2ccccc2)n1. The molecular formula is C16H16N2O3S. The normalized spacial score (nSPS) is 19.6. The second kappa shape index (κ2) is 6.27. The van der Waals surface area contributed by atoms with Gasteiger partial charge < -0.3 is 10.4 Å². The molecule has 1 saturated carbocycles. The Hall–Kier alpha value is -2.21. The van der Waals surface area contributed by atoms with Gasteiger partial charge in [-0.25, -0.2) is 4.98 Å². The predicted octanol–water partition coefficient (Wildman–Crippen LogP) is 2.19. The third-order valence-corrected chi connectivity index (χ3v) is 4.64. The fourth-order valence-electron chi connectivity index (χ4n) is 2.34. The van der Waals surface area contributed by atoms with Crippen molar-refractivity contribution in [3.8, 4) is 10.6 Å². The van der Waals surface area contributed by atoms with Gasteiger partial charge in [0.15, 0.2) is 0 Å². The Morgan fingerprint density at radius 2 is 2.05 bits per heavy atom. The number of hydrogen-bond acceptors (Lipinski definition) is 4. The maximum Gasteiger partial charge on any atom is 0.307 e. The van der Waals surface area contributed by atoms with Crippen molar-refractivity contribution >= 4 is 23.2 Å². The summed E-state index contributed by atoms with van der Waals surface area (Å²) in [6.07, 6.45) is 1.11. The number of carbonyl (C=O) groups excluding carboxylic acids is 1. The topological polar surface area (TPSA) is 79.3 Å². The summed E-state index contributed by atoms with van der Waals surface area (Å²) in [4.78, 5) is 27.0. The van der Waals surface area contributed by atoms with E-state index in [2.05, 4.69) is 10.3 Å². The summed E-state index contributed by atoms with van der Waals surface area (Å²) in [6, 6.07) is 9.96. The number of aliphatic carboxylic acids is 1. The highest BCUT2D eigenvalue weighted by Crippen LogP contribution is 2.38. The first-order chi connectivity index (χ1) is 10.6. The number of benzene rings is 1. The summed E-state index contributed by atoms with van der Waals surface area (Å²) in [5, 5.41) is 14.5. The van der Waals surface area contributed by atoms with Gasteiger partial charge in [-0.3, -0.25) is 9.59 Å². The molecule has 1 amide bonds. The number of nitrogens with zero attached hydrogens (tertiary/aromatic N) is 1. The van der Waals surface area contributed by atoms with Crippen LogP contribution in [0.3, 0.4) is 0 Å². The summed E-state index contributed by atoms with van der Waals surface area (Å²) in [6.45, 7) is 0.486. The van der Waals surface area contributed by atoms with Crippen molar-refractivity contribution in [3.05, 3.63) is 41.4 Å². The van der Waals surface area contributed by atoms with Crippen LogP contribution in [0.1, 0.15) is 12.1 Å². The predicted molar refractivity (Wildman–Crippen MR) is 83.5 cm³/mol. The van der Waals surface area contributed by atoms with Gasteiger partial charge in [0.2, 0.25) is 5.91 Å². The summed E-state index contributed by atoms with van der Waals surface area (Å²) in [7, 11) is 0. The number of carboxylic acid groups (broad SMARTS) is 1. The molecule has 22 heavy (non-hydrogen) atoms. The Kier molecular flexibility index (Phi) is 4.20. The third-order valence-electron chi connectivity index (χ3n) is 3.70. The zero-order valence-corrected chi connectivity index (χ0v) is 12.7. The largest absolute Gasteiger partial charge is 0.481 e. The molecule has 1 fully saturated rings. The molecule has 1 aromatic heterocycles. The Bertz CT molecular complexity index is 684. The zero-order chi connectivity index (χ0) is 15.5. The molecule has 1 aromatic carbocycles. The van der Waals surface area contributed by atoms with Crippen LogP contribution in [0.4, 0.5) is 0 Å². The van der Waals surface area contributed by atoms with Gasteiger partial charge in [-0.05, 0) is 6.42 Å². The molecule has 114 valence electrons. The lowest BCUT2D eigenvalue weighted by atomic mass is 10.2. The van der Waals surface area contributed by atoms with Crippen LogP contribution in [0.15, 0.2) is 35.7 Å². The number of nitrogens with one attached hydrogen (secondary N) is 1. The molecule has 2 aromatic rings. The maximum absolute atomic E-state index is 11.7. The van der Waals surface area contributed by atoms with E-state index in [-0.39, 0.29) is 11.8 Å². The van der Waals surface area contributed by atoms with Crippen molar-refractivity contribution in [3.63, 3.8) is 0 Å². The number of aromatic nitrogens is 1. The van der Waals surface area contributed by atoms with E-state index in [1.807, 2.05) is 35.7 Å². The van der Waals surface area contributed by atoms with E-state index in [4.69, 9.17) is 5.11 Å². The number of rotatable bonds is 6. The molecule has 0 saturated heterocycles. The quantitative estimate of drug-likeness (QED) is 0.856. The summed E-state index contributed by atoms with van der Waals surface area (Å²) in [5.74, 6) is -1.89. The molecule has 2 N–H and O–H groups in total. The minimum absolute atomic E-state index is 0.161. The van der Waals surface area contributed by atoms with Gasteiger partial charge >= 0.3 is 5.97 Å². The number of amides is 1. The van der Waals surface area contributed by atoms with Gasteiger partial charge in [-0.2, -0.15) is 0 Å². The number of carboxylic acids is 1. The van der Waals surface area contributed by atoms with Crippen LogP contribution < -0.4 is 5.32 Å². The molecule has 1 aliphatic carbocycles. The lowest BCUT2D eigenvalue weighted by Crippen LogP contribution is -2.28. The molecule has 5 nitrogen and oxygen atoms in total. The average Bonchev–Trinajstić information content (AvgIpc) is 3.21. The maximum atomic E-state index is 11.7. The van der Waals surface area contributed by atoms with Crippen LogP contribution in [-0.4, -0.2) is 28.5 Å². The molecule has 1 aliphatic rings. The molecule has 3 rings (SSSR count). The van der Waals surface area contributed by atoms with E-state index >= 15 is 0 Å². The minimum Gasteiger partial charge on any atom is -0.481 e. The van der Waals surface area contributed by atoms with Crippen LogP contribution in [0.5, 0.6) is 0 Å². The second-order valence-electron chi connectivity index (χ2n) is 5.34. The fraction of sp³-hybridized carbons (Fsp3) is 0.312. The first-order valence-corrected chi connectivity index (χ1v) is 8.03. The van der Waals surface area contributed by atoms with Crippen LogP contribution in [0.25, 0.3) is 10.6 Å². The smallest absolute Gasteiger partial charge is 0.307 e. The molecular weight excluding hydrogens is 300 g/mol. The van der Waals surface area contributed by atoms with Crippen molar-refractivity contribution in [1.29, 1.82) is 0 Å². The Morgan fingerprint density at radius 3 is 2.73 bits per heavy atom. The van der Waals surface area contributed by atoms with Gasteiger partial charge in [0.1, 0.15) is 5.01 Å². The standard InChI is InChI=1S/C16H16N2O3S/c19-14(12-8-13(12)16(20)21)17-7-6-11-9-22-15(18-11)10-4-2-1-3-5-10/h1-5,9,12-13H,6-8H2,(H,17,19)(H,20,21). The van der Waals surface area contributed by atoms with E-state index in [9.17, 15) is 9.59 Å². The highest BCUT2D eigenvalue weighted by Gasteiger charge is 2.48. The van der Waals surface area contributed by atoms with Gasteiger partial charge in [-0.1, -0.05) is 30.3 Å². The summed E-state index contributed by atoms with van der Waals surface area (Å²) >= 11 is 1.58. The van der Waals surface area contributed by atoms with E-state index in [0.29, 0.717) is 19.4 Å². The number of thiazole rings is 1. The average molecular weight is 316 g/mol. The first kappa shape index (κ1) is 14.7. The van der Waals surface area contributed by atoms with Gasteiger partial charge in [0.25, 0.3) is 0 Å². The van der Waals surface area contributed by atoms with Gasteiger partial charge in [0, 0.05) is 23.9 Å². The summed E-state index contributed by atoms with van der Waals surface area (Å²) < 4.78 is 0. The van der Waals surface area contributed by atoms with Crippen LogP contribution in [0.2, 0.25) is 0 Å². The molecule has 1 heterocycles. The van der Waals surface area contributed by atoms with E-state index in [0.717, 1.165) is 16.3 Å². The van der Waals surface area contributed by atoms with E-state index in [1.54, 1.807) is 11.3 Å². The van der Waals surface area contributed by atoms with Crippen LogP contribution in [0, 0.1) is 11.8 Å². The van der Waals surface area contributed by atoms with Crippen molar-refractivity contribution in [2.75, 3.05) is 6.54 Å². The monoisotopic (exact) mass is 316 g/mol. The number of carbonyl (C=O) groups is 2. The molecule has 0 radical (unpaired) electrons. The Balaban J connectivity index is 1.48. The number of hydrogen-bond donors (Lipinski definition) is 2. The fourth-order valence-corrected chi connectivity index (χ4v) is 3.20. The minimum atomic E-state index is -0.882. The van der Waals surface area contributed by atoms with Crippen molar-refractivity contribution in [2.24, 2.45) is 11.8 Å². The van der Waals surface area contributed by atoms with E-state index < -0.39 is 11.9 Å². The third kappa shape index (κ3) is 3.33. The van der Waals surface area contributed by atoms with Crippen LogP contribution in [-0.2, 0) is 16.0 Å². The first-order valence-electron chi connectivity index (χ1n) is 7.15. The Labute approximate surface area is 132 Å². The molecule has 2 unspecified atom stereocenters. The van der Waals surface area contributed by atoms with Gasteiger partial charge in [-0.15, -0.1) is 11.3 Å². The van der Waals surface area contributed by atoms with Crippen LogP contribution >= 0.6 is 11.3 Å². The van der Waals surface area contributed by atoms with Crippen molar-refractivity contribution in [2.45, 2.75) is 12.8 Å². The highest BCUT2D eigenvalue weighted by molar-refractivity contribution is 7.13. The molecule has 0 spiro atoms. The van der Waals surface area contributed by atoms with Crippen molar-refractivity contribution < 1.29 is 14.7 Å². The van der Waals surface area contributed by atoms with Gasteiger partial charge in [0.05, 0.1) is 17.5 Å². The molecule has 0 aliphatic heterocycles. The molecule has 0 bridgehead atoms. The molecule has 6 heteroatoms. The van der Waals surface area contributed by atoms with Crippen molar-refractivity contribution in [1.82, 2.24) is 10.3 Å². The summed E-state index contributed by atoms with van der Waals surface area (Å²) in [5.41, 5.74) is 2.03. The molecule has 2 atom stereocenters. The second-order valence-corrected chi connectivity index (χ2v) is 6.20.